The van der Waals surface area contributed by atoms with E-state index in [1.165, 1.54) is 38.8 Å². The molecule has 13 heavy (non-hydrogen) atoms. The minimum absolute atomic E-state index is 0.558. The number of methoxy groups -OCH3 is 1. The normalized spacial score (nSPS) is 41.5. The Labute approximate surface area is 81.3 Å². The number of nitrogens with zero attached hydrogens (tertiary/aromatic N) is 1. The van der Waals surface area contributed by atoms with Crippen LogP contribution in [0.4, 0.5) is 0 Å². The van der Waals surface area contributed by atoms with Crippen LogP contribution in [-0.4, -0.2) is 37.2 Å². The summed E-state index contributed by atoms with van der Waals surface area (Å²) in [5, 5.41) is 0. The number of ether oxygens (including phenoxy) is 1. The zero-order valence-electron chi connectivity index (χ0n) is 8.83. The summed E-state index contributed by atoms with van der Waals surface area (Å²) in [4.78, 5) is 2.67. The summed E-state index contributed by atoms with van der Waals surface area (Å²) in [5.74, 6) is 0.912. The van der Waals surface area contributed by atoms with Gasteiger partial charge in [0.15, 0.2) is 0 Å². The van der Waals surface area contributed by atoms with Crippen LogP contribution in [0.15, 0.2) is 0 Å². The second-order valence-corrected chi connectivity index (χ2v) is 4.73. The third kappa shape index (κ3) is 2.05. The van der Waals surface area contributed by atoms with Crippen molar-refractivity contribution in [2.24, 2.45) is 5.92 Å². The zero-order valence-corrected chi connectivity index (χ0v) is 8.83. The molecule has 1 saturated heterocycles. The van der Waals surface area contributed by atoms with Crippen molar-refractivity contribution >= 4 is 0 Å². The fraction of sp³-hybridized carbons (Fsp3) is 1.00. The fourth-order valence-corrected chi connectivity index (χ4v) is 2.59. The van der Waals surface area contributed by atoms with E-state index in [0.717, 1.165) is 12.0 Å². The molecule has 1 aliphatic carbocycles. The van der Waals surface area contributed by atoms with Crippen molar-refractivity contribution in [3.63, 3.8) is 0 Å². The lowest BCUT2D eigenvalue weighted by molar-refractivity contribution is -0.0376. The van der Waals surface area contributed by atoms with Crippen LogP contribution in [-0.2, 0) is 4.74 Å². The summed E-state index contributed by atoms with van der Waals surface area (Å²) in [6.45, 7) is 5.02. The summed E-state index contributed by atoms with van der Waals surface area (Å²) in [6, 6.07) is 0.840. The number of hydrogen-bond donors (Lipinski definition) is 0. The molecule has 0 aromatic rings. The van der Waals surface area contributed by atoms with Crippen LogP contribution in [0.1, 0.15) is 32.6 Å². The number of piperidine rings is 1. The van der Waals surface area contributed by atoms with E-state index < -0.39 is 0 Å². The van der Waals surface area contributed by atoms with Gasteiger partial charge in [0.2, 0.25) is 0 Å². The Hall–Kier alpha value is -0.0800. The van der Waals surface area contributed by atoms with E-state index in [4.69, 9.17) is 4.74 Å². The highest BCUT2D eigenvalue weighted by molar-refractivity contribution is 4.89. The molecule has 2 fully saturated rings. The lowest BCUT2D eigenvalue weighted by atomic mass is 9.85. The molecular formula is C11H21NO. The van der Waals surface area contributed by atoms with Gasteiger partial charge in [0, 0.05) is 19.7 Å². The van der Waals surface area contributed by atoms with Gasteiger partial charge in [-0.15, -0.1) is 0 Å². The van der Waals surface area contributed by atoms with Crippen LogP contribution in [0.5, 0.6) is 0 Å². The second kappa shape index (κ2) is 3.97. The van der Waals surface area contributed by atoms with E-state index in [0.29, 0.717) is 6.10 Å². The van der Waals surface area contributed by atoms with Crippen LogP contribution in [0.25, 0.3) is 0 Å². The number of rotatable bonds is 2. The minimum atomic E-state index is 0.558. The zero-order chi connectivity index (χ0) is 9.26. The van der Waals surface area contributed by atoms with Gasteiger partial charge in [-0.05, 0) is 38.1 Å². The Balaban J connectivity index is 1.75. The van der Waals surface area contributed by atoms with Gasteiger partial charge in [-0.3, -0.25) is 4.90 Å². The maximum absolute atomic E-state index is 5.31. The predicted octanol–water partition coefficient (Wildman–Crippen LogP) is 1.90. The second-order valence-electron chi connectivity index (χ2n) is 4.73. The van der Waals surface area contributed by atoms with E-state index in [9.17, 15) is 0 Å². The first-order chi connectivity index (χ1) is 6.29. The average molecular weight is 183 g/mol. The summed E-state index contributed by atoms with van der Waals surface area (Å²) < 4.78 is 5.31. The van der Waals surface area contributed by atoms with Crippen molar-refractivity contribution in [1.29, 1.82) is 0 Å². The molecule has 0 amide bonds. The van der Waals surface area contributed by atoms with E-state index in [1.54, 1.807) is 0 Å². The molecule has 76 valence electrons. The molecule has 0 unspecified atom stereocenters. The molecule has 0 radical (unpaired) electrons. The average Bonchev–Trinajstić information content (AvgIpc) is 2.02. The standard InChI is InChI=1S/C11H21NO/c1-9-4-3-5-12(8-9)10-6-11(7-10)13-2/h9-11H,3-8H2,1-2H3/t9-,10?,11?/m0/s1. The first kappa shape index (κ1) is 9.47. The lowest BCUT2D eigenvalue weighted by Crippen LogP contribution is -2.51. The smallest absolute Gasteiger partial charge is 0.0601 e. The number of likely N-dealkylation sites (tertiary alicyclic amines) is 1. The molecule has 2 aliphatic rings. The Morgan fingerprint density at radius 1 is 1.31 bits per heavy atom. The molecule has 1 atom stereocenters. The molecule has 1 heterocycles. The quantitative estimate of drug-likeness (QED) is 0.648. The van der Waals surface area contributed by atoms with Crippen molar-refractivity contribution in [1.82, 2.24) is 4.90 Å². The largest absolute Gasteiger partial charge is 0.381 e. The first-order valence-corrected chi connectivity index (χ1v) is 5.56. The minimum Gasteiger partial charge on any atom is -0.381 e. The van der Waals surface area contributed by atoms with Gasteiger partial charge in [-0.1, -0.05) is 6.92 Å². The number of hydrogen-bond acceptors (Lipinski definition) is 2. The molecule has 0 aromatic carbocycles. The molecule has 1 saturated carbocycles. The molecule has 1 aliphatic heterocycles. The Bertz CT molecular complexity index is 165. The third-order valence-corrected chi connectivity index (χ3v) is 3.61. The maximum Gasteiger partial charge on any atom is 0.0601 e. The van der Waals surface area contributed by atoms with Crippen molar-refractivity contribution in [2.45, 2.75) is 44.8 Å². The summed E-state index contributed by atoms with van der Waals surface area (Å²) in [5.41, 5.74) is 0. The summed E-state index contributed by atoms with van der Waals surface area (Å²) in [7, 11) is 1.83. The Morgan fingerprint density at radius 3 is 2.69 bits per heavy atom. The van der Waals surface area contributed by atoms with Gasteiger partial charge in [0.25, 0.3) is 0 Å². The van der Waals surface area contributed by atoms with E-state index in [-0.39, 0.29) is 0 Å². The van der Waals surface area contributed by atoms with E-state index in [1.807, 2.05) is 7.11 Å². The van der Waals surface area contributed by atoms with Gasteiger partial charge in [-0.2, -0.15) is 0 Å². The Morgan fingerprint density at radius 2 is 2.08 bits per heavy atom. The van der Waals surface area contributed by atoms with Gasteiger partial charge >= 0.3 is 0 Å². The Kier molecular flexibility index (Phi) is 2.89. The monoisotopic (exact) mass is 183 g/mol. The van der Waals surface area contributed by atoms with Crippen molar-refractivity contribution in [2.75, 3.05) is 20.2 Å². The maximum atomic E-state index is 5.31. The van der Waals surface area contributed by atoms with Gasteiger partial charge in [0.05, 0.1) is 6.10 Å². The highest BCUT2D eigenvalue weighted by Gasteiger charge is 2.34. The molecule has 0 aromatic heterocycles. The molecule has 2 rings (SSSR count). The molecule has 0 bridgehead atoms. The summed E-state index contributed by atoms with van der Waals surface area (Å²) >= 11 is 0. The fourth-order valence-electron chi connectivity index (χ4n) is 2.59. The van der Waals surface area contributed by atoms with Crippen LogP contribution in [0.3, 0.4) is 0 Å². The highest BCUT2D eigenvalue weighted by atomic mass is 16.5. The first-order valence-electron chi connectivity index (χ1n) is 5.56. The van der Waals surface area contributed by atoms with Crippen LogP contribution in [0, 0.1) is 5.92 Å². The highest BCUT2D eigenvalue weighted by Crippen LogP contribution is 2.30. The van der Waals surface area contributed by atoms with E-state index >= 15 is 0 Å². The molecule has 0 spiro atoms. The van der Waals surface area contributed by atoms with Gasteiger partial charge < -0.3 is 4.74 Å². The van der Waals surface area contributed by atoms with Gasteiger partial charge in [0.1, 0.15) is 0 Å². The summed E-state index contributed by atoms with van der Waals surface area (Å²) in [6.07, 6.45) is 5.92. The molecule has 2 heteroatoms. The van der Waals surface area contributed by atoms with Crippen molar-refractivity contribution in [3.8, 4) is 0 Å². The molecular weight excluding hydrogens is 162 g/mol. The van der Waals surface area contributed by atoms with Crippen molar-refractivity contribution in [3.05, 3.63) is 0 Å². The third-order valence-electron chi connectivity index (χ3n) is 3.61. The van der Waals surface area contributed by atoms with Crippen molar-refractivity contribution < 1.29 is 4.74 Å². The SMILES string of the molecule is COC1CC(N2CCC[C@H](C)C2)C1. The topological polar surface area (TPSA) is 12.5 Å². The van der Waals surface area contributed by atoms with Crippen LogP contribution in [0.2, 0.25) is 0 Å². The molecule has 2 nitrogen and oxygen atoms in total. The van der Waals surface area contributed by atoms with Crippen LogP contribution < -0.4 is 0 Å². The van der Waals surface area contributed by atoms with Crippen LogP contribution >= 0.6 is 0 Å². The van der Waals surface area contributed by atoms with E-state index in [2.05, 4.69) is 11.8 Å². The molecule has 0 N–H and O–H groups in total. The predicted molar refractivity (Wildman–Crippen MR) is 53.8 cm³/mol. The lowest BCUT2D eigenvalue weighted by Gasteiger charge is -2.45. The van der Waals surface area contributed by atoms with Gasteiger partial charge in [-0.25, -0.2) is 0 Å².